The molecule has 3 atom stereocenters. The summed E-state index contributed by atoms with van der Waals surface area (Å²) < 4.78 is 5.51. The van der Waals surface area contributed by atoms with Gasteiger partial charge in [0.2, 0.25) is 0 Å². The van der Waals surface area contributed by atoms with Crippen LogP contribution in [0.5, 0.6) is 0 Å². The zero-order valence-corrected chi connectivity index (χ0v) is 12.8. The summed E-state index contributed by atoms with van der Waals surface area (Å²) in [6.45, 7) is 4.17. The molecular weight excluding hydrogens is 238 g/mol. The van der Waals surface area contributed by atoms with Gasteiger partial charge in [0.25, 0.3) is 0 Å². The van der Waals surface area contributed by atoms with Crippen molar-refractivity contribution >= 4 is 0 Å². The van der Waals surface area contributed by atoms with Gasteiger partial charge in [-0.2, -0.15) is 0 Å². The van der Waals surface area contributed by atoms with Gasteiger partial charge in [0, 0.05) is 24.8 Å². The van der Waals surface area contributed by atoms with Gasteiger partial charge in [-0.25, -0.2) is 0 Å². The van der Waals surface area contributed by atoms with Crippen LogP contribution < -0.4 is 11.3 Å². The first kappa shape index (κ1) is 15.2. The summed E-state index contributed by atoms with van der Waals surface area (Å²) in [5.41, 5.74) is 3.40. The first-order chi connectivity index (χ1) is 9.10. The van der Waals surface area contributed by atoms with Crippen molar-refractivity contribution in [2.45, 2.75) is 57.0 Å². The van der Waals surface area contributed by atoms with Crippen LogP contribution in [0.1, 0.15) is 45.4 Å². The minimum Gasteiger partial charge on any atom is -0.381 e. The molecule has 4 heteroatoms. The molecule has 0 aromatic rings. The molecule has 0 bridgehead atoms. The third-order valence-corrected chi connectivity index (χ3v) is 5.40. The molecule has 0 aromatic carbocycles. The second-order valence-corrected chi connectivity index (χ2v) is 6.79. The van der Waals surface area contributed by atoms with Gasteiger partial charge in [-0.1, -0.05) is 19.8 Å². The van der Waals surface area contributed by atoms with Crippen LogP contribution in [0.25, 0.3) is 0 Å². The van der Waals surface area contributed by atoms with E-state index in [1.807, 2.05) is 0 Å². The zero-order chi connectivity index (χ0) is 13.9. The van der Waals surface area contributed by atoms with Crippen molar-refractivity contribution in [2.75, 3.05) is 27.3 Å². The normalized spacial score (nSPS) is 35.5. The Morgan fingerprint density at radius 2 is 1.95 bits per heavy atom. The molecule has 3 unspecified atom stereocenters. The van der Waals surface area contributed by atoms with Gasteiger partial charge in [-0.15, -0.1) is 0 Å². The van der Waals surface area contributed by atoms with Gasteiger partial charge in [0.05, 0.1) is 0 Å². The molecule has 0 aromatic heterocycles. The lowest BCUT2D eigenvalue weighted by Crippen LogP contribution is -2.65. The van der Waals surface area contributed by atoms with Crippen molar-refractivity contribution in [3.8, 4) is 0 Å². The number of hydrogen-bond acceptors (Lipinski definition) is 4. The van der Waals surface area contributed by atoms with Gasteiger partial charge < -0.3 is 9.64 Å². The highest BCUT2D eigenvalue weighted by Gasteiger charge is 2.46. The average molecular weight is 269 g/mol. The zero-order valence-electron chi connectivity index (χ0n) is 12.8. The maximum absolute atomic E-state index is 5.99. The number of rotatable bonds is 4. The molecule has 0 amide bonds. The van der Waals surface area contributed by atoms with Crippen LogP contribution >= 0.6 is 0 Å². The van der Waals surface area contributed by atoms with Crippen molar-refractivity contribution in [1.29, 1.82) is 0 Å². The van der Waals surface area contributed by atoms with Crippen LogP contribution in [0.4, 0.5) is 0 Å². The number of hydrogen-bond donors (Lipinski definition) is 2. The van der Waals surface area contributed by atoms with E-state index in [9.17, 15) is 0 Å². The van der Waals surface area contributed by atoms with Crippen LogP contribution in [-0.4, -0.2) is 43.8 Å². The second kappa shape index (κ2) is 6.53. The number of nitrogens with two attached hydrogens (primary N) is 1. The highest BCUT2D eigenvalue weighted by atomic mass is 16.5. The number of nitrogens with one attached hydrogen (secondary N) is 1. The maximum Gasteiger partial charge on any atom is 0.0469 e. The Balaban J connectivity index is 2.19. The molecule has 1 aliphatic carbocycles. The lowest BCUT2D eigenvalue weighted by atomic mass is 9.67. The van der Waals surface area contributed by atoms with E-state index in [1.54, 1.807) is 0 Å². The van der Waals surface area contributed by atoms with Crippen LogP contribution in [0.2, 0.25) is 0 Å². The number of hydrazine groups is 1. The van der Waals surface area contributed by atoms with Crippen molar-refractivity contribution in [3.05, 3.63) is 0 Å². The Morgan fingerprint density at radius 1 is 1.26 bits per heavy atom. The molecular formula is C15H31N3O. The number of nitrogens with zero attached hydrogens (tertiary/aromatic N) is 1. The Kier molecular flexibility index (Phi) is 5.23. The van der Waals surface area contributed by atoms with E-state index >= 15 is 0 Å². The van der Waals surface area contributed by atoms with Gasteiger partial charge in [-0.3, -0.25) is 11.3 Å². The largest absolute Gasteiger partial charge is 0.381 e. The lowest BCUT2D eigenvalue weighted by Gasteiger charge is -2.52. The van der Waals surface area contributed by atoms with Crippen molar-refractivity contribution in [1.82, 2.24) is 10.3 Å². The molecule has 2 aliphatic rings. The minimum atomic E-state index is 0.217. The highest BCUT2D eigenvalue weighted by Crippen LogP contribution is 2.41. The first-order valence-corrected chi connectivity index (χ1v) is 7.81. The molecule has 0 spiro atoms. The van der Waals surface area contributed by atoms with Gasteiger partial charge in [-0.05, 0) is 51.6 Å². The summed E-state index contributed by atoms with van der Waals surface area (Å²) in [6.07, 6.45) is 7.47. The van der Waals surface area contributed by atoms with E-state index in [1.165, 1.54) is 25.7 Å². The fourth-order valence-corrected chi connectivity index (χ4v) is 4.31. The highest BCUT2D eigenvalue weighted by molar-refractivity contribution is 5.04. The predicted octanol–water partition coefficient (Wildman–Crippen LogP) is 1.76. The monoisotopic (exact) mass is 269 g/mol. The Morgan fingerprint density at radius 3 is 2.47 bits per heavy atom. The van der Waals surface area contributed by atoms with E-state index < -0.39 is 0 Å². The molecule has 112 valence electrons. The van der Waals surface area contributed by atoms with Crippen molar-refractivity contribution in [2.24, 2.45) is 17.7 Å². The molecule has 2 rings (SSSR count). The smallest absolute Gasteiger partial charge is 0.0469 e. The first-order valence-electron chi connectivity index (χ1n) is 7.81. The van der Waals surface area contributed by atoms with Crippen LogP contribution in [0, 0.1) is 11.8 Å². The third-order valence-electron chi connectivity index (χ3n) is 5.40. The third kappa shape index (κ3) is 3.13. The maximum atomic E-state index is 5.99. The molecule has 4 nitrogen and oxygen atoms in total. The number of ether oxygens (including phenoxy) is 1. The van der Waals surface area contributed by atoms with E-state index in [2.05, 4.69) is 31.3 Å². The number of likely N-dealkylation sites (N-methyl/N-ethyl adjacent to an activating group) is 1. The van der Waals surface area contributed by atoms with Crippen molar-refractivity contribution in [3.63, 3.8) is 0 Å². The average Bonchev–Trinajstić information content (AvgIpc) is 2.40. The van der Waals surface area contributed by atoms with Gasteiger partial charge in [0.15, 0.2) is 0 Å². The molecule has 1 saturated heterocycles. The summed E-state index contributed by atoms with van der Waals surface area (Å²) in [5, 5.41) is 0. The van der Waals surface area contributed by atoms with Crippen LogP contribution in [0.3, 0.4) is 0 Å². The second-order valence-electron chi connectivity index (χ2n) is 6.79. The fourth-order valence-electron chi connectivity index (χ4n) is 4.31. The molecule has 19 heavy (non-hydrogen) atoms. The summed E-state index contributed by atoms with van der Waals surface area (Å²) in [4.78, 5) is 2.43. The standard InChI is InChI=1S/C15H31N3O/c1-12-5-4-8-15(11-12,18(2)3)14(17-16)13-6-9-19-10-7-13/h12-14,17H,4-11,16H2,1-3H3. The molecule has 1 aliphatic heterocycles. The summed E-state index contributed by atoms with van der Waals surface area (Å²) in [5.74, 6) is 7.43. The summed E-state index contributed by atoms with van der Waals surface area (Å²) >= 11 is 0. The van der Waals surface area contributed by atoms with Crippen LogP contribution in [0.15, 0.2) is 0 Å². The summed E-state index contributed by atoms with van der Waals surface area (Å²) in [7, 11) is 4.45. The lowest BCUT2D eigenvalue weighted by molar-refractivity contribution is -0.0181. The van der Waals surface area contributed by atoms with E-state index in [0.29, 0.717) is 12.0 Å². The van der Waals surface area contributed by atoms with Gasteiger partial charge >= 0.3 is 0 Å². The SMILES string of the molecule is CC1CCCC(C(NN)C2CCOCC2)(N(C)C)C1. The fraction of sp³-hybridized carbons (Fsp3) is 1.00. The van der Waals surface area contributed by atoms with E-state index in [-0.39, 0.29) is 5.54 Å². The Labute approximate surface area is 118 Å². The predicted molar refractivity (Wildman–Crippen MR) is 78.7 cm³/mol. The van der Waals surface area contributed by atoms with Gasteiger partial charge in [0.1, 0.15) is 0 Å². The van der Waals surface area contributed by atoms with Crippen molar-refractivity contribution < 1.29 is 4.74 Å². The summed E-state index contributed by atoms with van der Waals surface area (Å²) in [6, 6.07) is 0.383. The molecule has 1 heterocycles. The molecule has 0 radical (unpaired) electrons. The van der Waals surface area contributed by atoms with E-state index in [4.69, 9.17) is 10.6 Å². The minimum absolute atomic E-state index is 0.217. The molecule has 1 saturated carbocycles. The topological polar surface area (TPSA) is 50.5 Å². The molecule has 2 fully saturated rings. The van der Waals surface area contributed by atoms with E-state index in [0.717, 1.165) is 32.0 Å². The molecule has 3 N–H and O–H groups in total. The Hall–Kier alpha value is -0.160. The van der Waals surface area contributed by atoms with Crippen LogP contribution in [-0.2, 0) is 4.74 Å². The quantitative estimate of drug-likeness (QED) is 0.603. The Bertz CT molecular complexity index is 279.